The Bertz CT molecular complexity index is 3160. The molecule has 0 amide bonds. The van der Waals surface area contributed by atoms with Crippen molar-refractivity contribution in [2.75, 3.05) is 0 Å². The van der Waals surface area contributed by atoms with E-state index < -0.39 is 5.41 Å². The number of para-hydroxylation sites is 1. The van der Waals surface area contributed by atoms with Crippen molar-refractivity contribution in [3.05, 3.63) is 247 Å². The highest BCUT2D eigenvalue weighted by atomic mass is 16.5. The molecule has 0 N–H and O–H groups in total. The number of rotatable bonds is 6. The monoisotopic (exact) mass is 779 g/mol. The van der Waals surface area contributed by atoms with E-state index in [0.29, 0.717) is 0 Å². The first-order chi connectivity index (χ1) is 30.3. The van der Waals surface area contributed by atoms with Crippen LogP contribution in [0.25, 0.3) is 73.2 Å². The Morgan fingerprint density at radius 1 is 0.361 bits per heavy atom. The molecule has 286 valence electrons. The van der Waals surface area contributed by atoms with Gasteiger partial charge < -0.3 is 4.74 Å². The van der Waals surface area contributed by atoms with Crippen LogP contribution in [0.15, 0.2) is 224 Å². The summed E-state index contributed by atoms with van der Waals surface area (Å²) in [5.74, 6) is 3.25. The van der Waals surface area contributed by atoms with Gasteiger partial charge in [0.25, 0.3) is 0 Å². The summed E-state index contributed by atoms with van der Waals surface area (Å²) in [5.41, 5.74) is 15.5. The number of hydrogen-bond donors (Lipinski definition) is 0. The first kappa shape index (κ1) is 34.9. The normalized spacial score (nSPS) is 12.9. The first-order valence-corrected chi connectivity index (χ1v) is 20.7. The Morgan fingerprint density at radius 2 is 0.885 bits per heavy atom. The number of hydrogen-bond acceptors (Lipinski definition) is 3. The van der Waals surface area contributed by atoms with Crippen molar-refractivity contribution in [3.8, 4) is 84.7 Å². The molecule has 12 rings (SSSR count). The molecule has 1 aliphatic carbocycles. The van der Waals surface area contributed by atoms with Gasteiger partial charge in [-0.25, -0.2) is 9.97 Å². The van der Waals surface area contributed by atoms with Crippen LogP contribution in [-0.2, 0) is 5.41 Å². The van der Waals surface area contributed by atoms with E-state index in [1.165, 1.54) is 22.3 Å². The smallest absolute Gasteiger partial charge is 0.146 e. The van der Waals surface area contributed by atoms with Crippen molar-refractivity contribution in [3.63, 3.8) is 0 Å². The van der Waals surface area contributed by atoms with Gasteiger partial charge in [0, 0.05) is 33.4 Å². The second-order valence-electron chi connectivity index (χ2n) is 15.7. The molecule has 0 bridgehead atoms. The Labute approximate surface area is 354 Å². The lowest BCUT2D eigenvalue weighted by molar-refractivity contribution is 0.436. The van der Waals surface area contributed by atoms with E-state index in [2.05, 4.69) is 223 Å². The fraction of sp³-hybridized carbons (Fsp3) is 0.0175. The minimum atomic E-state index is -0.624. The fourth-order valence-electron chi connectivity index (χ4n) is 9.68. The van der Waals surface area contributed by atoms with Crippen LogP contribution in [0, 0.1) is 0 Å². The molecule has 0 saturated heterocycles. The Kier molecular flexibility index (Phi) is 8.04. The Morgan fingerprint density at radius 3 is 1.54 bits per heavy atom. The lowest BCUT2D eigenvalue weighted by Crippen LogP contribution is -2.32. The van der Waals surface area contributed by atoms with Crippen LogP contribution in [-0.4, -0.2) is 14.5 Å². The van der Waals surface area contributed by atoms with Crippen molar-refractivity contribution >= 4 is 0 Å². The van der Waals surface area contributed by atoms with Gasteiger partial charge in [-0.2, -0.15) is 0 Å². The number of fused-ring (bicyclic) bond motifs is 9. The second kappa shape index (κ2) is 14.0. The van der Waals surface area contributed by atoms with E-state index in [1.54, 1.807) is 0 Å². The van der Waals surface area contributed by atoms with Gasteiger partial charge in [-0.05, 0) is 69.8 Å². The number of imidazole rings is 1. The highest BCUT2D eigenvalue weighted by Crippen LogP contribution is 2.62. The fourth-order valence-corrected chi connectivity index (χ4v) is 9.68. The molecule has 4 nitrogen and oxygen atoms in total. The number of aromatic nitrogens is 3. The van der Waals surface area contributed by atoms with Crippen LogP contribution in [0.3, 0.4) is 0 Å². The van der Waals surface area contributed by atoms with Crippen molar-refractivity contribution < 1.29 is 4.74 Å². The van der Waals surface area contributed by atoms with Crippen LogP contribution in [0.2, 0.25) is 0 Å². The van der Waals surface area contributed by atoms with Gasteiger partial charge in [-0.15, -0.1) is 0 Å². The van der Waals surface area contributed by atoms with E-state index in [0.717, 1.165) is 84.7 Å². The molecule has 1 spiro atoms. The molecular formula is C57H37N3O. The summed E-state index contributed by atoms with van der Waals surface area (Å²) in [6.07, 6.45) is 0. The number of pyridine rings is 1. The predicted molar refractivity (Wildman–Crippen MR) is 246 cm³/mol. The van der Waals surface area contributed by atoms with Gasteiger partial charge in [-0.3, -0.25) is 4.57 Å². The first-order valence-electron chi connectivity index (χ1n) is 20.7. The molecule has 10 aromatic rings. The minimum Gasteiger partial charge on any atom is -0.457 e. The zero-order valence-electron chi connectivity index (χ0n) is 33.1. The quantitative estimate of drug-likeness (QED) is 0.169. The van der Waals surface area contributed by atoms with E-state index in [4.69, 9.17) is 14.7 Å². The topological polar surface area (TPSA) is 39.9 Å². The Balaban J connectivity index is 1.19. The summed E-state index contributed by atoms with van der Waals surface area (Å²) in [5, 5.41) is 0. The van der Waals surface area contributed by atoms with E-state index in [-0.39, 0.29) is 0 Å². The molecule has 61 heavy (non-hydrogen) atoms. The number of benzene rings is 8. The number of ether oxygens (including phenoxy) is 1. The molecule has 0 unspecified atom stereocenters. The summed E-state index contributed by atoms with van der Waals surface area (Å²) in [4.78, 5) is 11.2. The van der Waals surface area contributed by atoms with Crippen LogP contribution in [0.4, 0.5) is 0 Å². The lowest BCUT2D eigenvalue weighted by Gasteiger charge is -2.39. The maximum absolute atomic E-state index is 6.86. The average molecular weight is 780 g/mol. The van der Waals surface area contributed by atoms with Crippen molar-refractivity contribution in [1.29, 1.82) is 0 Å². The zero-order valence-corrected chi connectivity index (χ0v) is 33.1. The van der Waals surface area contributed by atoms with Gasteiger partial charge in [0.2, 0.25) is 0 Å². The molecule has 0 atom stereocenters. The average Bonchev–Trinajstić information content (AvgIpc) is 3.88. The largest absolute Gasteiger partial charge is 0.457 e. The molecule has 4 heteroatoms. The van der Waals surface area contributed by atoms with Gasteiger partial charge in [0.1, 0.15) is 23.1 Å². The van der Waals surface area contributed by atoms with Gasteiger partial charge in [0.15, 0.2) is 0 Å². The van der Waals surface area contributed by atoms with Gasteiger partial charge >= 0.3 is 0 Å². The third-order valence-electron chi connectivity index (χ3n) is 12.3. The molecule has 8 aromatic carbocycles. The summed E-state index contributed by atoms with van der Waals surface area (Å²) >= 11 is 0. The molecule has 2 aromatic heterocycles. The minimum absolute atomic E-state index is 0.624. The van der Waals surface area contributed by atoms with Gasteiger partial charge in [0.05, 0.1) is 22.5 Å². The molecular weight excluding hydrogens is 743 g/mol. The van der Waals surface area contributed by atoms with Crippen LogP contribution in [0.5, 0.6) is 11.5 Å². The Hall–Kier alpha value is -8.08. The molecule has 0 radical (unpaired) electrons. The third kappa shape index (κ3) is 5.46. The summed E-state index contributed by atoms with van der Waals surface area (Å²) in [7, 11) is 0. The summed E-state index contributed by atoms with van der Waals surface area (Å²) in [6.45, 7) is 0. The highest BCUT2D eigenvalue weighted by molar-refractivity contribution is 5.90. The summed E-state index contributed by atoms with van der Waals surface area (Å²) < 4.78 is 9.13. The van der Waals surface area contributed by atoms with E-state index in [9.17, 15) is 0 Å². The predicted octanol–water partition coefficient (Wildman–Crippen LogP) is 14.1. The van der Waals surface area contributed by atoms with Gasteiger partial charge in [-0.1, -0.05) is 188 Å². The van der Waals surface area contributed by atoms with Crippen LogP contribution >= 0.6 is 0 Å². The van der Waals surface area contributed by atoms with Crippen molar-refractivity contribution in [2.24, 2.45) is 0 Å². The SMILES string of the molecule is c1ccc(-c2cc(-c3ccccc3)nc(-n3c(-c4ccc5c(c4)C4(c6ccccc6O5)c5ccccc5-c5ccccc54)nc(-c4ccccc4)c3-c3ccccc3)c2)cc1. The molecule has 0 fully saturated rings. The second-order valence-corrected chi connectivity index (χ2v) is 15.7. The van der Waals surface area contributed by atoms with Crippen LogP contribution < -0.4 is 4.74 Å². The molecule has 3 heterocycles. The molecule has 0 saturated carbocycles. The van der Waals surface area contributed by atoms with E-state index >= 15 is 0 Å². The third-order valence-corrected chi connectivity index (χ3v) is 12.3. The maximum atomic E-state index is 6.86. The number of nitrogens with zero attached hydrogens (tertiary/aromatic N) is 3. The van der Waals surface area contributed by atoms with Crippen molar-refractivity contribution in [1.82, 2.24) is 14.5 Å². The van der Waals surface area contributed by atoms with E-state index in [1.807, 2.05) is 6.07 Å². The molecule has 2 aliphatic rings. The maximum Gasteiger partial charge on any atom is 0.146 e. The standard InChI is InChI=1S/C57H37N3O/c1-5-19-38(20-6-1)43-36-50(39-21-7-2-8-22-39)58-53(37-43)60-55(41-25-11-4-12-26-41)54(40-23-9-3-10-24-40)59-56(60)42-33-34-52-49(35-42)57(48-31-17-18-32-51(48)61-52)46-29-15-13-27-44(46)45-28-14-16-30-47(45)57/h1-37H. The zero-order chi connectivity index (χ0) is 40.3. The van der Waals surface area contributed by atoms with Crippen molar-refractivity contribution in [2.45, 2.75) is 5.41 Å². The summed E-state index contributed by atoms with van der Waals surface area (Å²) in [6, 6.07) is 79.3. The lowest BCUT2D eigenvalue weighted by atomic mass is 9.66. The highest BCUT2D eigenvalue weighted by Gasteiger charge is 2.51. The molecule has 1 aliphatic heterocycles. The van der Waals surface area contributed by atoms with Crippen LogP contribution in [0.1, 0.15) is 22.3 Å².